The highest BCUT2D eigenvalue weighted by Crippen LogP contribution is 2.50. The minimum absolute atomic E-state index is 0.0904. The van der Waals surface area contributed by atoms with Crippen LogP contribution in [0, 0.1) is 6.92 Å². The van der Waals surface area contributed by atoms with Crippen molar-refractivity contribution >= 4 is 38.7 Å². The van der Waals surface area contributed by atoms with Gasteiger partial charge >= 0.3 is 0 Å². The van der Waals surface area contributed by atoms with Crippen molar-refractivity contribution in [2.75, 3.05) is 28.4 Å². The summed E-state index contributed by atoms with van der Waals surface area (Å²) in [7, 11) is -0.259. The molecule has 3 aromatic rings. The molecule has 2 aromatic carbocycles. The lowest BCUT2D eigenvalue weighted by Crippen LogP contribution is -2.27. The van der Waals surface area contributed by atoms with Crippen LogP contribution in [0.2, 0.25) is 0 Å². The van der Waals surface area contributed by atoms with Crippen LogP contribution in [-0.2, 0) is 22.5 Å². The Morgan fingerprint density at radius 3 is 2.44 bits per heavy atom. The van der Waals surface area contributed by atoms with Crippen LogP contribution >= 0.6 is 0 Å². The summed E-state index contributed by atoms with van der Waals surface area (Å²) in [5.74, 6) is 7.35. The molecule has 0 saturated heterocycles. The van der Waals surface area contributed by atoms with Gasteiger partial charge in [0.2, 0.25) is 10.0 Å². The predicted octanol–water partition coefficient (Wildman–Crippen LogP) is 4.17. The molecule has 0 aliphatic heterocycles. The van der Waals surface area contributed by atoms with E-state index in [1.54, 1.807) is 36.7 Å². The molecule has 1 aromatic heterocycles. The minimum Gasteiger partial charge on any atom is -0.492 e. The lowest BCUT2D eigenvalue weighted by molar-refractivity contribution is 0.102. The van der Waals surface area contributed by atoms with Gasteiger partial charge in [0.05, 0.1) is 48.0 Å². The highest BCUT2D eigenvalue weighted by Gasteiger charge is 2.40. The number of methoxy groups -OCH3 is 1. The number of hydrazine groups is 1. The first kappa shape index (κ1) is 29.9. The van der Waals surface area contributed by atoms with Gasteiger partial charge in [-0.15, -0.1) is 0 Å². The van der Waals surface area contributed by atoms with Gasteiger partial charge < -0.3 is 20.4 Å². The van der Waals surface area contributed by atoms with E-state index in [4.69, 9.17) is 16.3 Å². The van der Waals surface area contributed by atoms with Crippen LogP contribution in [0.1, 0.15) is 72.5 Å². The zero-order valence-corrected chi connectivity index (χ0v) is 25.4. The molecule has 6 N–H and O–H groups in total. The summed E-state index contributed by atoms with van der Waals surface area (Å²) in [5.41, 5.74) is 10.7. The number of amides is 1. The number of nitrogens with one attached hydrogen (secondary N) is 2. The number of nitrogens with zero attached hydrogens (tertiary/aromatic N) is 3. The van der Waals surface area contributed by atoms with Crippen LogP contribution in [0.15, 0.2) is 42.7 Å². The largest absolute Gasteiger partial charge is 0.492 e. The Bertz CT molecular complexity index is 1620. The Kier molecular flexibility index (Phi) is 8.10. The van der Waals surface area contributed by atoms with Crippen molar-refractivity contribution < 1.29 is 17.9 Å². The number of carbonyl (C=O) groups excluding carboxylic acids is 1. The molecule has 0 spiro atoms. The summed E-state index contributed by atoms with van der Waals surface area (Å²) in [5, 5.41) is 4.29. The van der Waals surface area contributed by atoms with E-state index in [0.29, 0.717) is 22.6 Å². The highest BCUT2D eigenvalue weighted by molar-refractivity contribution is 7.92. The molecule has 12 heteroatoms. The smallest absolute Gasteiger partial charge is 0.255 e. The van der Waals surface area contributed by atoms with Crippen LogP contribution in [0.5, 0.6) is 5.75 Å². The maximum atomic E-state index is 13.5. The van der Waals surface area contributed by atoms with Gasteiger partial charge in [-0.05, 0) is 60.6 Å². The van der Waals surface area contributed by atoms with Gasteiger partial charge in [-0.25, -0.2) is 19.2 Å². The van der Waals surface area contributed by atoms with E-state index < -0.39 is 15.9 Å². The fraction of sp³-hybridized carbons (Fsp3) is 0.379. The molecule has 1 heterocycles. The van der Waals surface area contributed by atoms with E-state index in [-0.39, 0.29) is 22.8 Å². The molecule has 1 fully saturated rings. The third-order valence-corrected chi connectivity index (χ3v) is 7.99. The van der Waals surface area contributed by atoms with Gasteiger partial charge in [0, 0.05) is 24.7 Å². The summed E-state index contributed by atoms with van der Waals surface area (Å²) in [6.45, 7) is 8.10. The zero-order chi connectivity index (χ0) is 30.3. The first-order chi connectivity index (χ1) is 19.1. The fourth-order valence-corrected chi connectivity index (χ4v) is 5.33. The molecule has 220 valence electrons. The van der Waals surface area contributed by atoms with Gasteiger partial charge in [0.25, 0.3) is 5.91 Å². The van der Waals surface area contributed by atoms with Crippen LogP contribution in [0.4, 0.5) is 17.1 Å². The van der Waals surface area contributed by atoms with Gasteiger partial charge in [-0.2, -0.15) is 0 Å². The van der Waals surface area contributed by atoms with E-state index in [1.807, 2.05) is 24.6 Å². The maximum Gasteiger partial charge on any atom is 0.255 e. The summed E-state index contributed by atoms with van der Waals surface area (Å²) >= 11 is 0. The number of ether oxygens (including phenoxy) is 1. The van der Waals surface area contributed by atoms with Crippen molar-refractivity contribution in [1.29, 1.82) is 0 Å². The van der Waals surface area contributed by atoms with E-state index >= 15 is 0 Å². The molecule has 1 aliphatic rings. The summed E-state index contributed by atoms with van der Waals surface area (Å²) in [4.78, 5) is 17.9. The summed E-state index contributed by atoms with van der Waals surface area (Å²) in [6, 6.07) is 8.77. The molecule has 1 aliphatic carbocycles. The lowest BCUT2D eigenvalue weighted by atomic mass is 9.96. The maximum absolute atomic E-state index is 13.5. The molecule has 0 unspecified atom stereocenters. The van der Waals surface area contributed by atoms with E-state index in [1.165, 1.54) is 12.1 Å². The number of aryl methyl sites for hydroxylation is 1. The van der Waals surface area contributed by atoms with Crippen LogP contribution in [-0.4, -0.2) is 37.2 Å². The quantitative estimate of drug-likeness (QED) is 0.205. The number of carbonyl (C=O) groups is 1. The summed E-state index contributed by atoms with van der Waals surface area (Å²) < 4.78 is 34.1. The molecule has 1 amide bonds. The van der Waals surface area contributed by atoms with E-state index in [2.05, 4.69) is 35.8 Å². The second-order valence-corrected chi connectivity index (χ2v) is 13.0. The molecule has 41 heavy (non-hydrogen) atoms. The van der Waals surface area contributed by atoms with E-state index in [0.717, 1.165) is 41.7 Å². The molecule has 0 bridgehead atoms. The SMILES string of the molecule is COc1c(NC(=O)c2ccc(C)c(N(N)/C=C(\N)c3cnc(C(C)C)n3C)c2)cc(C2(C)CC2)cc1NS(C)(=O)=O. The van der Waals surface area contributed by atoms with Gasteiger partial charge in [-0.1, -0.05) is 26.8 Å². The second-order valence-electron chi connectivity index (χ2n) is 11.2. The second kappa shape index (κ2) is 11.1. The monoisotopic (exact) mass is 581 g/mol. The number of sulfonamides is 1. The minimum atomic E-state index is -3.59. The molecular weight excluding hydrogens is 542 g/mol. The number of rotatable bonds is 10. The number of anilines is 3. The molecule has 0 radical (unpaired) electrons. The average Bonchev–Trinajstić information content (AvgIpc) is 3.51. The number of hydrogen-bond acceptors (Lipinski definition) is 8. The lowest BCUT2D eigenvalue weighted by Gasteiger charge is -2.21. The Morgan fingerprint density at radius 1 is 1.22 bits per heavy atom. The van der Waals surface area contributed by atoms with Crippen LogP contribution < -0.4 is 31.4 Å². The zero-order valence-electron chi connectivity index (χ0n) is 24.6. The van der Waals surface area contributed by atoms with Crippen molar-refractivity contribution in [3.8, 4) is 5.75 Å². The first-order valence-corrected chi connectivity index (χ1v) is 15.2. The number of benzene rings is 2. The molecular formula is C29H39N7O4S. The Labute approximate surface area is 241 Å². The molecule has 0 atom stereocenters. The van der Waals surface area contributed by atoms with Crippen LogP contribution in [0.3, 0.4) is 0 Å². The number of imidazole rings is 1. The van der Waals surface area contributed by atoms with Crippen molar-refractivity contribution in [3.63, 3.8) is 0 Å². The third-order valence-electron chi connectivity index (χ3n) is 7.40. The van der Waals surface area contributed by atoms with Crippen LogP contribution in [0.25, 0.3) is 5.70 Å². The van der Waals surface area contributed by atoms with Crippen molar-refractivity contribution in [1.82, 2.24) is 9.55 Å². The van der Waals surface area contributed by atoms with E-state index in [9.17, 15) is 13.2 Å². The predicted molar refractivity (Wildman–Crippen MR) is 163 cm³/mol. The standard InChI is InChI=1S/C29H39N7O4S/c1-17(2)27-32-15-25(35(27)5)21(30)16-36(31)24-12-19(9-8-18(24)3)28(37)33-22-13-20(29(4)10-11-29)14-23(26(22)40-6)34-41(7,38)39/h8-9,12-17,34H,10-11,30-31H2,1-7H3,(H,33,37)/b21-16-. The normalized spacial score (nSPS) is 14.6. The third kappa shape index (κ3) is 6.49. The topological polar surface area (TPSA) is 158 Å². The number of hydrogen-bond donors (Lipinski definition) is 4. The summed E-state index contributed by atoms with van der Waals surface area (Å²) in [6.07, 6.45) is 6.31. The average molecular weight is 582 g/mol. The van der Waals surface area contributed by atoms with Gasteiger partial charge in [0.1, 0.15) is 5.82 Å². The van der Waals surface area contributed by atoms with Crippen molar-refractivity contribution in [3.05, 3.63) is 70.9 Å². The Hall–Kier alpha value is -4.03. The number of nitrogens with two attached hydrogens (primary N) is 2. The Balaban J connectivity index is 1.65. The van der Waals surface area contributed by atoms with Gasteiger partial charge in [0.15, 0.2) is 5.75 Å². The van der Waals surface area contributed by atoms with Crippen molar-refractivity contribution in [2.45, 2.75) is 51.9 Å². The number of aromatic nitrogens is 2. The molecule has 1 saturated carbocycles. The Morgan fingerprint density at radius 2 is 1.88 bits per heavy atom. The molecule has 4 rings (SSSR count). The molecule has 11 nitrogen and oxygen atoms in total. The highest BCUT2D eigenvalue weighted by atomic mass is 32.2. The van der Waals surface area contributed by atoms with Gasteiger partial charge in [-0.3, -0.25) is 14.5 Å². The first-order valence-electron chi connectivity index (χ1n) is 13.3. The fourth-order valence-electron chi connectivity index (χ4n) is 4.78. The van der Waals surface area contributed by atoms with Crippen molar-refractivity contribution in [2.24, 2.45) is 18.6 Å².